The maximum absolute atomic E-state index is 12.6. The molecule has 0 atom stereocenters. The molecule has 0 fully saturated rings. The van der Waals surface area contributed by atoms with Crippen molar-refractivity contribution in [1.29, 1.82) is 0 Å². The van der Waals surface area contributed by atoms with Crippen LogP contribution in [0.15, 0.2) is 27.6 Å². The first-order chi connectivity index (χ1) is 6.46. The van der Waals surface area contributed by atoms with E-state index in [2.05, 4.69) is 15.9 Å². The lowest BCUT2D eigenvalue weighted by atomic mass is 10.2. The summed E-state index contributed by atoms with van der Waals surface area (Å²) in [4.78, 5) is 0.273. The lowest BCUT2D eigenvalue weighted by Gasteiger charge is -2.13. The van der Waals surface area contributed by atoms with Crippen LogP contribution in [0.1, 0.15) is 12.5 Å². The zero-order chi connectivity index (χ0) is 10.8. The van der Waals surface area contributed by atoms with Crippen LogP contribution < -0.4 is 0 Å². The highest BCUT2D eigenvalue weighted by atomic mass is 79.9. The van der Waals surface area contributed by atoms with Crippen LogP contribution in [0.25, 0.3) is 0 Å². The lowest BCUT2D eigenvalue weighted by molar-refractivity contribution is -0.140. The van der Waals surface area contributed by atoms with Crippen LogP contribution in [0.5, 0.6) is 0 Å². The fourth-order valence-electron chi connectivity index (χ4n) is 1.06. The van der Waals surface area contributed by atoms with E-state index in [1.165, 1.54) is 23.9 Å². The van der Waals surface area contributed by atoms with Crippen LogP contribution in [-0.2, 0) is 6.18 Å². The minimum Gasteiger partial charge on any atom is -0.166 e. The van der Waals surface area contributed by atoms with Gasteiger partial charge in [0.25, 0.3) is 0 Å². The maximum Gasteiger partial charge on any atom is 0.418 e. The van der Waals surface area contributed by atoms with Crippen LogP contribution in [0.3, 0.4) is 0 Å². The van der Waals surface area contributed by atoms with Crippen molar-refractivity contribution < 1.29 is 13.2 Å². The van der Waals surface area contributed by atoms with Gasteiger partial charge < -0.3 is 0 Å². The van der Waals surface area contributed by atoms with Gasteiger partial charge in [-0.15, -0.1) is 11.8 Å². The quantitative estimate of drug-likeness (QED) is 0.717. The van der Waals surface area contributed by atoms with Crippen molar-refractivity contribution in [2.24, 2.45) is 0 Å². The van der Waals surface area contributed by atoms with Gasteiger partial charge in [-0.05, 0) is 17.9 Å². The highest BCUT2D eigenvalue weighted by Gasteiger charge is 2.35. The predicted molar refractivity (Wildman–Crippen MR) is 55.5 cm³/mol. The van der Waals surface area contributed by atoms with E-state index in [0.717, 1.165) is 0 Å². The molecule has 0 radical (unpaired) electrons. The highest BCUT2D eigenvalue weighted by Crippen LogP contribution is 2.40. The topological polar surface area (TPSA) is 0 Å². The molecular formula is C9H8BrF3S. The Balaban J connectivity index is 3.22. The Morgan fingerprint density at radius 2 is 2.00 bits per heavy atom. The van der Waals surface area contributed by atoms with Crippen LogP contribution in [0.2, 0.25) is 0 Å². The molecule has 5 heteroatoms. The minimum atomic E-state index is -4.29. The van der Waals surface area contributed by atoms with E-state index in [1.807, 2.05) is 6.92 Å². The summed E-state index contributed by atoms with van der Waals surface area (Å²) in [7, 11) is 0. The van der Waals surface area contributed by atoms with Crippen LogP contribution in [0.4, 0.5) is 13.2 Å². The molecule has 14 heavy (non-hydrogen) atoms. The molecule has 0 spiro atoms. The van der Waals surface area contributed by atoms with E-state index in [-0.39, 0.29) is 9.37 Å². The number of alkyl halides is 3. The summed E-state index contributed by atoms with van der Waals surface area (Å²) < 4.78 is 37.9. The molecule has 1 aromatic carbocycles. The van der Waals surface area contributed by atoms with Gasteiger partial charge in [-0.3, -0.25) is 0 Å². The molecule has 0 saturated carbocycles. The van der Waals surface area contributed by atoms with Crippen molar-refractivity contribution in [2.45, 2.75) is 18.0 Å². The summed E-state index contributed by atoms with van der Waals surface area (Å²) in [6, 6.07) is 4.50. The molecule has 78 valence electrons. The standard InChI is InChI=1S/C9H8BrF3S/c1-2-14-7-5-3-4-6(10)8(7)9(11,12)13/h3-5H,2H2,1H3. The first-order valence-corrected chi connectivity index (χ1v) is 5.73. The number of thioether (sulfide) groups is 1. The Morgan fingerprint density at radius 3 is 2.50 bits per heavy atom. The monoisotopic (exact) mass is 284 g/mol. The average Bonchev–Trinajstić information content (AvgIpc) is 2.02. The van der Waals surface area contributed by atoms with Crippen molar-refractivity contribution in [3.63, 3.8) is 0 Å². The molecule has 0 heterocycles. The molecular weight excluding hydrogens is 277 g/mol. The number of benzene rings is 1. The van der Waals surface area contributed by atoms with Crippen LogP contribution >= 0.6 is 27.7 Å². The average molecular weight is 285 g/mol. The van der Waals surface area contributed by atoms with Gasteiger partial charge in [0.2, 0.25) is 0 Å². The molecule has 0 aliphatic carbocycles. The van der Waals surface area contributed by atoms with Gasteiger partial charge in [-0.2, -0.15) is 13.2 Å². The van der Waals surface area contributed by atoms with Crippen molar-refractivity contribution in [3.8, 4) is 0 Å². The smallest absolute Gasteiger partial charge is 0.166 e. The fourth-order valence-corrected chi connectivity index (χ4v) is 2.63. The Kier molecular flexibility index (Phi) is 3.89. The van der Waals surface area contributed by atoms with Crippen LogP contribution in [0, 0.1) is 0 Å². The molecule has 0 nitrogen and oxygen atoms in total. The molecule has 0 aliphatic rings. The summed E-state index contributed by atoms with van der Waals surface area (Å²) in [5, 5.41) is 0. The third kappa shape index (κ3) is 2.67. The molecule has 0 unspecified atom stereocenters. The van der Waals surface area contributed by atoms with Gasteiger partial charge in [0, 0.05) is 9.37 Å². The van der Waals surface area contributed by atoms with Gasteiger partial charge in [-0.1, -0.05) is 28.9 Å². The molecule has 0 aliphatic heterocycles. The van der Waals surface area contributed by atoms with E-state index >= 15 is 0 Å². The second-order valence-electron chi connectivity index (χ2n) is 2.54. The van der Waals surface area contributed by atoms with E-state index in [4.69, 9.17) is 0 Å². The van der Waals surface area contributed by atoms with Crippen molar-refractivity contribution >= 4 is 27.7 Å². The number of halogens is 4. The van der Waals surface area contributed by atoms with Crippen molar-refractivity contribution in [3.05, 3.63) is 28.2 Å². The predicted octanol–water partition coefficient (Wildman–Crippen LogP) is 4.58. The normalized spacial score (nSPS) is 11.8. The summed E-state index contributed by atoms with van der Waals surface area (Å²) >= 11 is 4.11. The van der Waals surface area contributed by atoms with Gasteiger partial charge in [-0.25, -0.2) is 0 Å². The lowest BCUT2D eigenvalue weighted by Crippen LogP contribution is -2.07. The molecule has 1 aromatic rings. The Bertz CT molecular complexity index is 322. The summed E-state index contributed by atoms with van der Waals surface area (Å²) in [5.74, 6) is 0.625. The largest absolute Gasteiger partial charge is 0.418 e. The molecule has 0 aromatic heterocycles. The summed E-state index contributed by atoms with van der Waals surface area (Å²) in [6.45, 7) is 1.83. The van der Waals surface area contributed by atoms with E-state index in [0.29, 0.717) is 5.75 Å². The molecule has 0 amide bonds. The molecule has 0 saturated heterocycles. The zero-order valence-corrected chi connectivity index (χ0v) is 9.76. The van der Waals surface area contributed by atoms with Crippen molar-refractivity contribution in [2.75, 3.05) is 5.75 Å². The zero-order valence-electron chi connectivity index (χ0n) is 7.36. The maximum atomic E-state index is 12.6. The first-order valence-electron chi connectivity index (χ1n) is 3.95. The molecule has 1 rings (SSSR count). The fraction of sp³-hybridized carbons (Fsp3) is 0.333. The van der Waals surface area contributed by atoms with Crippen LogP contribution in [-0.4, -0.2) is 5.75 Å². The number of hydrogen-bond acceptors (Lipinski definition) is 1. The Labute approximate surface area is 93.0 Å². The van der Waals surface area contributed by atoms with Gasteiger partial charge in [0.05, 0.1) is 5.56 Å². The number of rotatable bonds is 2. The van der Waals surface area contributed by atoms with E-state index < -0.39 is 11.7 Å². The third-order valence-electron chi connectivity index (χ3n) is 1.56. The van der Waals surface area contributed by atoms with Crippen molar-refractivity contribution in [1.82, 2.24) is 0 Å². The summed E-state index contributed by atoms with van der Waals surface area (Å²) in [5.41, 5.74) is -0.577. The van der Waals surface area contributed by atoms with Gasteiger partial charge in [0.1, 0.15) is 0 Å². The molecule has 0 N–H and O–H groups in total. The van der Waals surface area contributed by atoms with E-state index in [9.17, 15) is 13.2 Å². The third-order valence-corrected chi connectivity index (χ3v) is 3.16. The second kappa shape index (κ2) is 4.57. The SMILES string of the molecule is CCSc1cccc(Br)c1C(F)(F)F. The number of hydrogen-bond donors (Lipinski definition) is 0. The second-order valence-corrected chi connectivity index (χ2v) is 4.70. The van der Waals surface area contributed by atoms with Gasteiger partial charge in [0.15, 0.2) is 0 Å². The highest BCUT2D eigenvalue weighted by molar-refractivity contribution is 9.10. The first kappa shape index (κ1) is 11.9. The Morgan fingerprint density at radius 1 is 1.36 bits per heavy atom. The van der Waals surface area contributed by atoms with Gasteiger partial charge >= 0.3 is 6.18 Å². The summed E-state index contributed by atoms with van der Waals surface area (Å²) in [6.07, 6.45) is -4.29. The van der Waals surface area contributed by atoms with E-state index in [1.54, 1.807) is 6.07 Å². The Hall–Kier alpha value is -0.160. The molecule has 0 bridgehead atoms. The minimum absolute atomic E-state index is 0.100.